The fourth-order valence-electron chi connectivity index (χ4n) is 1.69. The molecule has 0 aliphatic carbocycles. The Balaban J connectivity index is 2.64. The van der Waals surface area contributed by atoms with Crippen molar-refractivity contribution < 1.29 is 9.53 Å². The second kappa shape index (κ2) is 4.41. The van der Waals surface area contributed by atoms with Crippen LogP contribution in [0.2, 0.25) is 0 Å². The third-order valence-corrected chi connectivity index (χ3v) is 2.68. The molecular weight excluding hydrogens is 228 g/mol. The number of hydrogen-bond acceptors (Lipinski definition) is 4. The molecule has 2 aromatic carbocycles. The van der Waals surface area contributed by atoms with Crippen molar-refractivity contribution in [2.24, 2.45) is 0 Å². The smallest absolute Gasteiger partial charge is 0.194 e. The second-order valence-electron chi connectivity index (χ2n) is 4.01. The Morgan fingerprint density at radius 3 is 2.56 bits per heavy atom. The largest absolute Gasteiger partial charge is 0.451 e. The molecule has 0 aliphatic rings. The summed E-state index contributed by atoms with van der Waals surface area (Å²) in [6.45, 7) is 4.94. The number of fused-ring (bicyclic) bond motifs is 1. The lowest BCUT2D eigenvalue weighted by Crippen LogP contribution is -2.05. The Hall–Kier alpha value is -2.49. The summed E-state index contributed by atoms with van der Waals surface area (Å²) in [7, 11) is 0. The number of allylic oxidation sites excluding steroid dienone is 1. The number of carbonyl (C=O) groups excluding carboxylic acids is 1. The first-order chi connectivity index (χ1) is 8.50. The van der Waals surface area contributed by atoms with Crippen LogP contribution in [0.3, 0.4) is 0 Å². The lowest BCUT2D eigenvalue weighted by atomic mass is 10.1. The van der Waals surface area contributed by atoms with E-state index in [0.29, 0.717) is 22.5 Å². The average Bonchev–Trinajstić information content (AvgIpc) is 2.32. The molecule has 18 heavy (non-hydrogen) atoms. The maximum atomic E-state index is 11.2. The van der Waals surface area contributed by atoms with E-state index in [1.165, 1.54) is 6.92 Å². The Morgan fingerprint density at radius 2 is 1.89 bits per heavy atom. The van der Waals surface area contributed by atoms with Crippen LogP contribution >= 0.6 is 0 Å². The summed E-state index contributed by atoms with van der Waals surface area (Å²) in [6.07, 6.45) is 0. The maximum absolute atomic E-state index is 11.2. The van der Waals surface area contributed by atoms with Gasteiger partial charge in [0.1, 0.15) is 0 Å². The number of hydrogen-bond donors (Lipinski definition) is 2. The van der Waals surface area contributed by atoms with E-state index in [1.54, 1.807) is 12.1 Å². The lowest BCUT2D eigenvalue weighted by Gasteiger charge is -2.13. The molecule has 4 nitrogen and oxygen atoms in total. The summed E-state index contributed by atoms with van der Waals surface area (Å²) in [5, 5.41) is 1.59. The number of Topliss-reactive ketones (excluding diaryl/α,β-unsaturated/α-hetero) is 1. The van der Waals surface area contributed by atoms with E-state index in [2.05, 4.69) is 6.58 Å². The predicted molar refractivity (Wildman–Crippen MR) is 73.2 cm³/mol. The topological polar surface area (TPSA) is 78.3 Å². The molecule has 0 fully saturated rings. The molecule has 2 rings (SSSR count). The van der Waals surface area contributed by atoms with Crippen LogP contribution in [0.1, 0.15) is 6.92 Å². The van der Waals surface area contributed by atoms with Gasteiger partial charge in [-0.15, -0.1) is 0 Å². The van der Waals surface area contributed by atoms with E-state index in [4.69, 9.17) is 16.2 Å². The van der Waals surface area contributed by atoms with Crippen LogP contribution in [0.25, 0.3) is 10.8 Å². The molecule has 4 N–H and O–H groups in total. The minimum Gasteiger partial charge on any atom is -0.451 e. The van der Waals surface area contributed by atoms with Gasteiger partial charge in [0.2, 0.25) is 0 Å². The van der Waals surface area contributed by atoms with Crippen molar-refractivity contribution in [1.29, 1.82) is 0 Å². The van der Waals surface area contributed by atoms with E-state index < -0.39 is 0 Å². The molecule has 0 radical (unpaired) electrons. The van der Waals surface area contributed by atoms with Crippen LogP contribution in [0.4, 0.5) is 11.4 Å². The molecule has 0 atom stereocenters. The van der Waals surface area contributed by atoms with Gasteiger partial charge in [0.25, 0.3) is 0 Å². The van der Waals surface area contributed by atoms with E-state index in [-0.39, 0.29) is 11.5 Å². The number of benzene rings is 2. The highest BCUT2D eigenvalue weighted by molar-refractivity contribution is 6.02. The summed E-state index contributed by atoms with van der Waals surface area (Å²) in [4.78, 5) is 11.2. The molecule has 0 spiro atoms. The van der Waals surface area contributed by atoms with Crippen molar-refractivity contribution in [3.63, 3.8) is 0 Å². The highest BCUT2D eigenvalue weighted by atomic mass is 16.5. The molecule has 0 aromatic heterocycles. The van der Waals surface area contributed by atoms with Crippen molar-refractivity contribution in [2.45, 2.75) is 6.92 Å². The lowest BCUT2D eigenvalue weighted by molar-refractivity contribution is -0.115. The summed E-state index contributed by atoms with van der Waals surface area (Å²) in [5.74, 6) is 0.171. The van der Waals surface area contributed by atoms with E-state index in [0.717, 1.165) is 5.39 Å². The van der Waals surface area contributed by atoms with Gasteiger partial charge in [-0.25, -0.2) is 0 Å². The van der Waals surface area contributed by atoms with Crippen LogP contribution in [0.5, 0.6) is 5.75 Å². The van der Waals surface area contributed by atoms with E-state index in [1.807, 2.05) is 18.2 Å². The maximum Gasteiger partial charge on any atom is 0.194 e. The molecule has 2 aromatic rings. The normalized spacial score (nSPS) is 10.3. The fraction of sp³-hybridized carbons (Fsp3) is 0.0714. The molecular formula is C14H14N2O2. The van der Waals surface area contributed by atoms with Crippen molar-refractivity contribution in [3.05, 3.63) is 42.7 Å². The summed E-state index contributed by atoms with van der Waals surface area (Å²) < 4.78 is 5.45. The van der Waals surface area contributed by atoms with Crippen molar-refractivity contribution in [1.82, 2.24) is 0 Å². The Labute approximate surface area is 105 Å². The number of ether oxygens (including phenoxy) is 1. The van der Waals surface area contributed by atoms with Gasteiger partial charge in [-0.05, 0) is 17.5 Å². The molecule has 4 heteroatoms. The third-order valence-electron chi connectivity index (χ3n) is 2.68. The average molecular weight is 242 g/mol. The zero-order chi connectivity index (χ0) is 13.3. The van der Waals surface area contributed by atoms with Crippen molar-refractivity contribution in [2.75, 3.05) is 11.5 Å². The van der Waals surface area contributed by atoms with E-state index >= 15 is 0 Å². The zero-order valence-electron chi connectivity index (χ0n) is 10.1. The van der Waals surface area contributed by atoms with Gasteiger partial charge in [0, 0.05) is 18.0 Å². The number of rotatable bonds is 3. The highest BCUT2D eigenvalue weighted by Crippen LogP contribution is 2.36. The number of ketones is 1. The van der Waals surface area contributed by atoms with Crippen LogP contribution in [-0.4, -0.2) is 5.78 Å². The summed E-state index contributed by atoms with van der Waals surface area (Å²) >= 11 is 0. The molecule has 0 heterocycles. The Morgan fingerprint density at radius 1 is 1.17 bits per heavy atom. The predicted octanol–water partition coefficient (Wildman–Crippen LogP) is 2.49. The molecule has 0 aliphatic heterocycles. The first-order valence-electron chi connectivity index (χ1n) is 5.45. The van der Waals surface area contributed by atoms with Gasteiger partial charge in [-0.3, -0.25) is 4.79 Å². The van der Waals surface area contributed by atoms with Crippen LogP contribution in [0, 0.1) is 0 Å². The Kier molecular flexibility index (Phi) is 2.93. The standard InChI is InChI=1S/C14H14N2O2/c1-8(17)9(2)18-14-12(16)7-6-10-4-3-5-11(15)13(10)14/h3-7H,2,15-16H2,1H3. The van der Waals surface area contributed by atoms with Gasteiger partial charge < -0.3 is 16.2 Å². The van der Waals surface area contributed by atoms with Crippen LogP contribution < -0.4 is 16.2 Å². The monoisotopic (exact) mass is 242 g/mol. The molecule has 92 valence electrons. The zero-order valence-corrected chi connectivity index (χ0v) is 10.1. The summed E-state index contributed by atoms with van der Waals surface area (Å²) in [6, 6.07) is 9.06. The van der Waals surface area contributed by atoms with Gasteiger partial charge in [-0.1, -0.05) is 24.8 Å². The number of anilines is 2. The third kappa shape index (κ3) is 2.00. The minimum atomic E-state index is -0.249. The molecule has 0 unspecified atom stereocenters. The summed E-state index contributed by atoms with van der Waals surface area (Å²) in [5.41, 5.74) is 12.8. The van der Waals surface area contributed by atoms with Gasteiger partial charge in [0.05, 0.1) is 5.69 Å². The van der Waals surface area contributed by atoms with E-state index in [9.17, 15) is 4.79 Å². The van der Waals surface area contributed by atoms with Gasteiger partial charge in [-0.2, -0.15) is 0 Å². The first-order valence-corrected chi connectivity index (χ1v) is 5.45. The highest BCUT2D eigenvalue weighted by Gasteiger charge is 2.12. The molecule has 0 bridgehead atoms. The van der Waals surface area contributed by atoms with Crippen LogP contribution in [-0.2, 0) is 4.79 Å². The molecule has 0 saturated heterocycles. The SMILES string of the molecule is C=C(Oc1c(N)ccc2cccc(N)c12)C(C)=O. The minimum absolute atomic E-state index is 0.0393. The van der Waals surface area contributed by atoms with Gasteiger partial charge >= 0.3 is 0 Å². The first kappa shape index (κ1) is 12.0. The van der Waals surface area contributed by atoms with Crippen molar-refractivity contribution >= 4 is 27.9 Å². The van der Waals surface area contributed by atoms with Gasteiger partial charge in [0.15, 0.2) is 17.3 Å². The van der Waals surface area contributed by atoms with Crippen molar-refractivity contribution in [3.8, 4) is 5.75 Å². The Bertz CT molecular complexity index is 648. The van der Waals surface area contributed by atoms with Crippen LogP contribution in [0.15, 0.2) is 42.7 Å². The molecule has 0 saturated carbocycles. The molecule has 0 amide bonds. The number of carbonyl (C=O) groups is 1. The number of nitrogens with two attached hydrogens (primary N) is 2. The fourth-order valence-corrected chi connectivity index (χ4v) is 1.69. The quantitative estimate of drug-likeness (QED) is 0.492. The number of nitrogen functional groups attached to an aromatic ring is 2. The second-order valence-corrected chi connectivity index (χ2v) is 4.01.